The van der Waals surface area contributed by atoms with E-state index in [1.54, 1.807) is 5.01 Å². The number of hydrogen-bond donors (Lipinski definition) is 0. The Balaban J connectivity index is 1.63. The van der Waals surface area contributed by atoms with Crippen LogP contribution in [0.5, 0.6) is 0 Å². The first-order chi connectivity index (χ1) is 14.4. The Morgan fingerprint density at radius 2 is 1.77 bits per heavy atom. The second kappa shape index (κ2) is 8.73. The predicted molar refractivity (Wildman–Crippen MR) is 123 cm³/mol. The molecule has 1 fully saturated rings. The van der Waals surface area contributed by atoms with Gasteiger partial charge in [-0.05, 0) is 58.2 Å². The van der Waals surface area contributed by atoms with Crippen molar-refractivity contribution in [1.29, 1.82) is 0 Å². The second-order valence-electron chi connectivity index (χ2n) is 9.05. The largest absolute Gasteiger partial charge is 0.292 e. The lowest BCUT2D eigenvalue weighted by Gasteiger charge is -2.34. The van der Waals surface area contributed by atoms with Gasteiger partial charge in [0.1, 0.15) is 0 Å². The highest BCUT2D eigenvalue weighted by Gasteiger charge is 2.34. The van der Waals surface area contributed by atoms with E-state index in [0.717, 1.165) is 29.8 Å². The molecule has 2 aliphatic heterocycles. The number of rotatable bonds is 4. The normalized spacial score (nSPS) is 22.3. The van der Waals surface area contributed by atoms with Gasteiger partial charge in [0.25, 0.3) is 5.91 Å². The van der Waals surface area contributed by atoms with Crippen molar-refractivity contribution in [2.75, 3.05) is 13.1 Å². The number of carbonyl (C=O) groups excluding carboxylic acids is 1. The van der Waals surface area contributed by atoms with E-state index in [0.29, 0.717) is 12.6 Å². The summed E-state index contributed by atoms with van der Waals surface area (Å²) >= 11 is 0. The monoisotopic (exact) mass is 403 g/mol. The second-order valence-corrected chi connectivity index (χ2v) is 9.05. The topological polar surface area (TPSA) is 35.9 Å². The maximum absolute atomic E-state index is 13.4. The first-order valence-electron chi connectivity index (χ1n) is 11.2. The molecule has 2 aromatic carbocycles. The van der Waals surface area contributed by atoms with Crippen molar-refractivity contribution in [3.8, 4) is 0 Å². The average Bonchev–Trinajstić information content (AvgIpc) is 3.15. The first kappa shape index (κ1) is 20.8. The maximum atomic E-state index is 13.4. The molecule has 4 rings (SSSR count). The van der Waals surface area contributed by atoms with Crippen LogP contribution in [-0.2, 0) is 4.79 Å². The molecule has 0 spiro atoms. The number of carbonyl (C=O) groups is 1. The molecule has 0 unspecified atom stereocenters. The number of likely N-dealkylation sites (tertiary alicyclic amines) is 1. The van der Waals surface area contributed by atoms with Crippen LogP contribution in [0.2, 0.25) is 0 Å². The number of aryl methyl sites for hydroxylation is 3. The summed E-state index contributed by atoms with van der Waals surface area (Å²) in [4.78, 5) is 15.7. The zero-order valence-electron chi connectivity index (χ0n) is 18.7. The SMILES string of the molecule is Cc1ccc([C@H]2CC(c3ccc(C)cc3C)=NN2C(=O)CN2CCCC[C@H]2C)cc1. The zero-order chi connectivity index (χ0) is 21.3. The summed E-state index contributed by atoms with van der Waals surface area (Å²) in [7, 11) is 0. The van der Waals surface area contributed by atoms with E-state index in [2.05, 4.69) is 75.1 Å². The maximum Gasteiger partial charge on any atom is 0.257 e. The Morgan fingerprint density at radius 1 is 1.03 bits per heavy atom. The molecule has 2 aromatic rings. The highest BCUT2D eigenvalue weighted by atomic mass is 16.2. The van der Waals surface area contributed by atoms with Crippen molar-refractivity contribution in [3.05, 3.63) is 70.3 Å². The minimum Gasteiger partial charge on any atom is -0.292 e. The summed E-state index contributed by atoms with van der Waals surface area (Å²) in [5, 5.41) is 6.66. The Kier molecular flexibility index (Phi) is 6.05. The number of piperidine rings is 1. The van der Waals surface area contributed by atoms with Gasteiger partial charge in [-0.1, -0.05) is 60.0 Å². The summed E-state index contributed by atoms with van der Waals surface area (Å²) < 4.78 is 0. The average molecular weight is 404 g/mol. The molecule has 2 aliphatic rings. The number of hydrogen-bond acceptors (Lipinski definition) is 3. The van der Waals surface area contributed by atoms with Crippen molar-refractivity contribution in [2.45, 2.75) is 65.5 Å². The molecule has 30 heavy (non-hydrogen) atoms. The summed E-state index contributed by atoms with van der Waals surface area (Å²) in [5.41, 5.74) is 7.02. The Bertz CT molecular complexity index is 947. The molecule has 0 radical (unpaired) electrons. The third kappa shape index (κ3) is 4.34. The molecule has 1 saturated heterocycles. The van der Waals surface area contributed by atoms with Crippen molar-refractivity contribution in [3.63, 3.8) is 0 Å². The van der Waals surface area contributed by atoms with E-state index < -0.39 is 0 Å². The van der Waals surface area contributed by atoms with Gasteiger partial charge in [-0.2, -0.15) is 5.10 Å². The first-order valence-corrected chi connectivity index (χ1v) is 11.2. The molecule has 2 heterocycles. The van der Waals surface area contributed by atoms with E-state index in [9.17, 15) is 4.79 Å². The lowest BCUT2D eigenvalue weighted by molar-refractivity contribution is -0.135. The quantitative estimate of drug-likeness (QED) is 0.706. The lowest BCUT2D eigenvalue weighted by Crippen LogP contribution is -2.44. The van der Waals surface area contributed by atoms with Crippen LogP contribution in [0.15, 0.2) is 47.6 Å². The molecule has 4 heteroatoms. The van der Waals surface area contributed by atoms with Gasteiger partial charge in [-0.25, -0.2) is 5.01 Å². The number of nitrogens with zero attached hydrogens (tertiary/aromatic N) is 3. The Hall–Kier alpha value is -2.46. The van der Waals surface area contributed by atoms with Crippen molar-refractivity contribution in [2.24, 2.45) is 5.10 Å². The van der Waals surface area contributed by atoms with Crippen LogP contribution in [-0.4, -0.2) is 40.7 Å². The molecular weight excluding hydrogens is 370 g/mol. The van der Waals surface area contributed by atoms with Crippen LogP contribution < -0.4 is 0 Å². The standard InChI is InChI=1S/C26H33N3O/c1-18-8-11-22(12-9-18)25-16-24(23-13-10-19(2)15-20(23)3)27-29(25)26(30)17-28-14-6-5-7-21(28)4/h8-13,15,21,25H,5-7,14,16-17H2,1-4H3/t21-,25-/m1/s1. The Morgan fingerprint density at radius 3 is 2.47 bits per heavy atom. The fraction of sp³-hybridized carbons (Fsp3) is 0.462. The number of amides is 1. The van der Waals surface area contributed by atoms with E-state index >= 15 is 0 Å². The minimum atomic E-state index is -0.0334. The summed E-state index contributed by atoms with van der Waals surface area (Å²) in [6, 6.07) is 15.4. The van der Waals surface area contributed by atoms with E-state index in [1.807, 2.05) is 0 Å². The highest BCUT2D eigenvalue weighted by molar-refractivity contribution is 6.04. The zero-order valence-corrected chi connectivity index (χ0v) is 18.7. The Labute approximate surface area is 180 Å². The molecule has 2 atom stereocenters. The van der Waals surface area contributed by atoms with Crippen LogP contribution in [0.4, 0.5) is 0 Å². The fourth-order valence-electron chi connectivity index (χ4n) is 4.73. The summed E-state index contributed by atoms with van der Waals surface area (Å²) in [6.45, 7) is 10.0. The number of benzene rings is 2. The highest BCUT2D eigenvalue weighted by Crippen LogP contribution is 2.34. The summed E-state index contributed by atoms with van der Waals surface area (Å²) in [5.74, 6) is 0.106. The van der Waals surface area contributed by atoms with Crippen molar-refractivity contribution in [1.82, 2.24) is 9.91 Å². The van der Waals surface area contributed by atoms with Gasteiger partial charge in [0.05, 0.1) is 18.3 Å². The van der Waals surface area contributed by atoms with Crippen molar-refractivity contribution >= 4 is 11.6 Å². The van der Waals surface area contributed by atoms with Crippen LogP contribution in [0, 0.1) is 20.8 Å². The summed E-state index contributed by atoms with van der Waals surface area (Å²) in [6.07, 6.45) is 4.37. The number of hydrazone groups is 1. The smallest absolute Gasteiger partial charge is 0.257 e. The lowest BCUT2D eigenvalue weighted by atomic mass is 9.95. The van der Waals surface area contributed by atoms with Gasteiger partial charge >= 0.3 is 0 Å². The fourth-order valence-corrected chi connectivity index (χ4v) is 4.73. The van der Waals surface area contributed by atoms with Gasteiger partial charge in [0, 0.05) is 18.0 Å². The molecule has 4 nitrogen and oxygen atoms in total. The molecular formula is C26H33N3O. The van der Waals surface area contributed by atoms with Crippen LogP contribution >= 0.6 is 0 Å². The third-order valence-corrected chi connectivity index (χ3v) is 6.60. The van der Waals surface area contributed by atoms with Gasteiger partial charge < -0.3 is 0 Å². The third-order valence-electron chi connectivity index (χ3n) is 6.60. The minimum absolute atomic E-state index is 0.0334. The molecule has 0 N–H and O–H groups in total. The molecule has 158 valence electrons. The van der Waals surface area contributed by atoms with E-state index in [4.69, 9.17) is 5.10 Å². The van der Waals surface area contributed by atoms with Gasteiger partial charge in [0.2, 0.25) is 0 Å². The predicted octanol–water partition coefficient (Wildman–Crippen LogP) is 5.16. The van der Waals surface area contributed by atoms with E-state index in [1.165, 1.54) is 36.0 Å². The molecule has 0 saturated carbocycles. The van der Waals surface area contributed by atoms with E-state index in [-0.39, 0.29) is 11.9 Å². The van der Waals surface area contributed by atoms with Crippen LogP contribution in [0.1, 0.15) is 66.5 Å². The van der Waals surface area contributed by atoms with Crippen LogP contribution in [0.3, 0.4) is 0 Å². The molecule has 0 aromatic heterocycles. The van der Waals surface area contributed by atoms with Gasteiger partial charge in [-0.3, -0.25) is 9.69 Å². The van der Waals surface area contributed by atoms with Crippen molar-refractivity contribution < 1.29 is 4.79 Å². The van der Waals surface area contributed by atoms with Crippen LogP contribution in [0.25, 0.3) is 0 Å². The van der Waals surface area contributed by atoms with Gasteiger partial charge in [-0.15, -0.1) is 0 Å². The molecule has 0 aliphatic carbocycles. The molecule has 0 bridgehead atoms. The van der Waals surface area contributed by atoms with Gasteiger partial charge in [0.15, 0.2) is 0 Å². The molecule has 1 amide bonds.